The van der Waals surface area contributed by atoms with Crippen LogP contribution in [-0.2, 0) is 11.3 Å². The Bertz CT molecular complexity index is 647. The first kappa shape index (κ1) is 17.2. The van der Waals surface area contributed by atoms with Crippen molar-refractivity contribution in [2.24, 2.45) is 0 Å². The van der Waals surface area contributed by atoms with Crippen LogP contribution in [0.4, 0.5) is 5.69 Å². The van der Waals surface area contributed by atoms with Crippen molar-refractivity contribution in [3.8, 4) is 0 Å². The van der Waals surface area contributed by atoms with E-state index >= 15 is 0 Å². The highest BCUT2D eigenvalue weighted by Crippen LogP contribution is 2.23. The van der Waals surface area contributed by atoms with Crippen LogP contribution in [0.1, 0.15) is 36.5 Å². The molecule has 1 unspecified atom stereocenters. The van der Waals surface area contributed by atoms with Gasteiger partial charge in [0, 0.05) is 11.3 Å². The summed E-state index contributed by atoms with van der Waals surface area (Å²) in [6, 6.07) is 16.5. The topological polar surface area (TPSA) is 33.5 Å². The predicted molar refractivity (Wildman–Crippen MR) is 95.8 cm³/mol. The van der Waals surface area contributed by atoms with E-state index in [4.69, 9.17) is 0 Å². The Balaban J connectivity index is 1.93. The molecule has 0 aliphatic rings. The molecule has 0 saturated heterocycles. The molecule has 0 saturated carbocycles. The summed E-state index contributed by atoms with van der Waals surface area (Å²) in [7, 11) is 2.05. The summed E-state index contributed by atoms with van der Waals surface area (Å²) in [4.78, 5) is 13.5. The van der Waals surface area contributed by atoms with Crippen molar-refractivity contribution in [3.63, 3.8) is 0 Å². The second-order valence-corrected chi connectivity index (χ2v) is 6.59. The Morgan fingerprint density at radius 2 is 1.74 bits per heavy atom. The van der Waals surface area contributed by atoms with Crippen molar-refractivity contribution in [2.75, 3.05) is 18.9 Å². The maximum atomic E-state index is 12.3. The summed E-state index contributed by atoms with van der Waals surface area (Å²) < 4.78 is 0. The number of para-hydroxylation sites is 1. The number of carbonyl (C=O) groups excluding carboxylic acids is 1. The van der Waals surface area contributed by atoms with Gasteiger partial charge in [0.05, 0.1) is 7.05 Å². The number of benzene rings is 2. The predicted octanol–water partition coefficient (Wildman–Crippen LogP) is 2.77. The Labute approximate surface area is 139 Å². The summed E-state index contributed by atoms with van der Waals surface area (Å²) in [5.41, 5.74) is 4.62. The molecule has 0 radical (unpaired) electrons. The van der Waals surface area contributed by atoms with Crippen LogP contribution in [0, 0.1) is 6.92 Å². The van der Waals surface area contributed by atoms with Gasteiger partial charge in [0.15, 0.2) is 6.54 Å². The van der Waals surface area contributed by atoms with Gasteiger partial charge in [-0.3, -0.25) is 4.79 Å². The fourth-order valence-electron chi connectivity index (χ4n) is 2.70. The maximum Gasteiger partial charge on any atom is 0.279 e. The van der Waals surface area contributed by atoms with Gasteiger partial charge in [-0.2, -0.15) is 0 Å². The smallest absolute Gasteiger partial charge is 0.279 e. The van der Waals surface area contributed by atoms with Crippen molar-refractivity contribution in [3.05, 3.63) is 65.2 Å². The minimum absolute atomic E-state index is 0.0581. The lowest BCUT2D eigenvalue weighted by atomic mass is 10.0. The first-order valence-electron chi connectivity index (χ1n) is 8.21. The number of amides is 1. The van der Waals surface area contributed by atoms with Crippen molar-refractivity contribution in [1.82, 2.24) is 0 Å². The Morgan fingerprint density at radius 3 is 2.39 bits per heavy atom. The second-order valence-electron chi connectivity index (χ2n) is 6.59. The van der Waals surface area contributed by atoms with Gasteiger partial charge in [-0.15, -0.1) is 0 Å². The second kappa shape index (κ2) is 7.93. The molecule has 2 rings (SSSR count). The zero-order chi connectivity index (χ0) is 16.8. The van der Waals surface area contributed by atoms with Gasteiger partial charge in [-0.25, -0.2) is 0 Å². The molecule has 23 heavy (non-hydrogen) atoms. The number of nitrogens with one attached hydrogen (secondary N) is 2. The standard InChI is InChI=1S/C20H26N2O/c1-15(2)18-7-5-6-8-19(18)21-20(23)14-22(4)13-17-11-9-16(3)10-12-17/h5-12,15H,13-14H2,1-4H3,(H,21,23)/p+1. The molecule has 1 atom stereocenters. The Hall–Kier alpha value is -2.13. The van der Waals surface area contributed by atoms with Crippen molar-refractivity contribution in [2.45, 2.75) is 33.2 Å². The van der Waals surface area contributed by atoms with E-state index in [-0.39, 0.29) is 5.91 Å². The third kappa shape index (κ3) is 5.22. The quantitative estimate of drug-likeness (QED) is 0.845. The number of carbonyl (C=O) groups is 1. The molecule has 3 heteroatoms. The summed E-state index contributed by atoms with van der Waals surface area (Å²) in [5, 5.41) is 3.06. The monoisotopic (exact) mass is 311 g/mol. The van der Waals surface area contributed by atoms with Crippen molar-refractivity contribution < 1.29 is 9.69 Å². The van der Waals surface area contributed by atoms with Crippen LogP contribution >= 0.6 is 0 Å². The van der Waals surface area contributed by atoms with Crippen LogP contribution in [0.15, 0.2) is 48.5 Å². The fraction of sp³-hybridized carbons (Fsp3) is 0.350. The minimum Gasteiger partial charge on any atom is -0.326 e. The van der Waals surface area contributed by atoms with E-state index in [1.807, 2.05) is 25.2 Å². The lowest BCUT2D eigenvalue weighted by Crippen LogP contribution is -3.08. The number of rotatable bonds is 6. The zero-order valence-electron chi connectivity index (χ0n) is 14.5. The lowest BCUT2D eigenvalue weighted by Gasteiger charge is -2.16. The molecule has 0 fully saturated rings. The first-order chi connectivity index (χ1) is 11.0. The van der Waals surface area contributed by atoms with Crippen LogP contribution in [0.2, 0.25) is 0 Å². The highest BCUT2D eigenvalue weighted by atomic mass is 16.2. The molecular formula is C20H27N2O+. The first-order valence-corrected chi connectivity index (χ1v) is 8.21. The van der Waals surface area contributed by atoms with Crippen LogP contribution in [0.5, 0.6) is 0 Å². The van der Waals surface area contributed by atoms with E-state index in [1.54, 1.807) is 0 Å². The van der Waals surface area contributed by atoms with Gasteiger partial charge in [0.2, 0.25) is 0 Å². The molecule has 3 nitrogen and oxygen atoms in total. The van der Waals surface area contributed by atoms with Crippen LogP contribution < -0.4 is 10.2 Å². The third-order valence-electron chi connectivity index (χ3n) is 3.95. The summed E-state index contributed by atoms with van der Waals surface area (Å²) in [6.07, 6.45) is 0. The average molecular weight is 311 g/mol. The van der Waals surface area contributed by atoms with E-state index in [0.29, 0.717) is 12.5 Å². The molecule has 122 valence electrons. The Kier molecular flexibility index (Phi) is 5.94. The van der Waals surface area contributed by atoms with E-state index in [2.05, 4.69) is 56.4 Å². The number of aryl methyl sites for hydroxylation is 1. The molecule has 0 aliphatic carbocycles. The molecule has 0 aliphatic heterocycles. The van der Waals surface area contributed by atoms with Gasteiger partial charge in [0.25, 0.3) is 5.91 Å². The largest absolute Gasteiger partial charge is 0.326 e. The van der Waals surface area contributed by atoms with E-state index in [0.717, 1.165) is 12.2 Å². The molecule has 0 aromatic heterocycles. The van der Waals surface area contributed by atoms with E-state index in [1.165, 1.54) is 21.6 Å². The maximum absolute atomic E-state index is 12.3. The summed E-state index contributed by atoms with van der Waals surface area (Å²) >= 11 is 0. The molecule has 2 aromatic rings. The normalized spacial score (nSPS) is 12.2. The lowest BCUT2D eigenvalue weighted by molar-refractivity contribution is -0.885. The molecule has 0 spiro atoms. The van der Waals surface area contributed by atoms with Gasteiger partial charge >= 0.3 is 0 Å². The molecule has 0 heterocycles. The average Bonchev–Trinajstić information content (AvgIpc) is 2.49. The van der Waals surface area contributed by atoms with Gasteiger partial charge in [-0.05, 0) is 24.5 Å². The summed E-state index contributed by atoms with van der Waals surface area (Å²) in [6.45, 7) is 7.67. The zero-order valence-corrected chi connectivity index (χ0v) is 14.5. The molecular weight excluding hydrogens is 284 g/mol. The van der Waals surface area contributed by atoms with Gasteiger partial charge < -0.3 is 10.2 Å². The molecule has 2 N–H and O–H groups in total. The summed E-state index contributed by atoms with van der Waals surface area (Å²) in [5.74, 6) is 0.451. The molecule has 0 bridgehead atoms. The number of quaternary nitrogens is 1. The van der Waals surface area contributed by atoms with E-state index in [9.17, 15) is 4.79 Å². The van der Waals surface area contributed by atoms with Crippen LogP contribution in [0.25, 0.3) is 0 Å². The van der Waals surface area contributed by atoms with E-state index < -0.39 is 0 Å². The van der Waals surface area contributed by atoms with Gasteiger partial charge in [0.1, 0.15) is 6.54 Å². The number of hydrogen-bond donors (Lipinski definition) is 2. The fourth-order valence-corrected chi connectivity index (χ4v) is 2.70. The third-order valence-corrected chi connectivity index (χ3v) is 3.95. The van der Waals surface area contributed by atoms with Crippen LogP contribution in [-0.4, -0.2) is 19.5 Å². The number of anilines is 1. The molecule has 1 amide bonds. The van der Waals surface area contributed by atoms with Crippen LogP contribution in [0.3, 0.4) is 0 Å². The van der Waals surface area contributed by atoms with Crippen molar-refractivity contribution >= 4 is 11.6 Å². The molecule has 2 aromatic carbocycles. The number of likely N-dealkylation sites (N-methyl/N-ethyl adjacent to an activating group) is 1. The SMILES string of the molecule is Cc1ccc(C[NH+](C)CC(=O)Nc2ccccc2C(C)C)cc1. The highest BCUT2D eigenvalue weighted by Gasteiger charge is 2.13. The highest BCUT2D eigenvalue weighted by molar-refractivity contribution is 5.92. The van der Waals surface area contributed by atoms with Crippen molar-refractivity contribution in [1.29, 1.82) is 0 Å². The minimum atomic E-state index is 0.0581. The van der Waals surface area contributed by atoms with Gasteiger partial charge in [-0.1, -0.05) is 61.9 Å². The number of hydrogen-bond acceptors (Lipinski definition) is 1. The Morgan fingerprint density at radius 1 is 1.09 bits per heavy atom.